The van der Waals surface area contributed by atoms with E-state index in [0.717, 1.165) is 0 Å². The lowest BCUT2D eigenvalue weighted by molar-refractivity contribution is -0.268. The fraction of sp³-hybridized carbons (Fsp3) is 0.200. The lowest BCUT2D eigenvalue weighted by atomic mass is 10.1. The molecule has 0 radical (unpaired) electrons. The highest BCUT2D eigenvalue weighted by Crippen LogP contribution is 2.07. The average Bonchev–Trinajstić information content (AvgIpc) is 2.15. The number of carbonyl (C=O) groups excluding carboxylic acids is 2. The minimum absolute atomic E-state index is 0.158. The summed E-state index contributed by atoms with van der Waals surface area (Å²) in [5, 5.41) is 10.7. The van der Waals surface area contributed by atoms with E-state index in [1.54, 1.807) is 0 Å². The van der Waals surface area contributed by atoms with Crippen molar-refractivity contribution in [2.45, 2.75) is 6.92 Å². The first-order valence-electron chi connectivity index (χ1n) is 4.03. The van der Waals surface area contributed by atoms with Gasteiger partial charge in [0.25, 0.3) is 0 Å². The van der Waals surface area contributed by atoms with Crippen molar-refractivity contribution >= 4 is 11.8 Å². The lowest BCUT2D eigenvalue weighted by Gasteiger charge is -2.05. The third-order valence-electron chi connectivity index (χ3n) is 1.58. The Hall–Kier alpha value is -1.84. The van der Waals surface area contributed by atoms with Crippen LogP contribution in [0.3, 0.4) is 0 Å². The zero-order chi connectivity index (χ0) is 10.6. The molecular weight excluding hydrogens is 184 g/mol. The number of ether oxygens (including phenoxy) is 1. The van der Waals surface area contributed by atoms with Crippen LogP contribution in [0.5, 0.6) is 5.75 Å². The van der Waals surface area contributed by atoms with Gasteiger partial charge in [0, 0.05) is 12.5 Å². The van der Waals surface area contributed by atoms with Crippen molar-refractivity contribution in [3.63, 3.8) is 0 Å². The molecule has 0 aromatic heterocycles. The summed E-state index contributed by atoms with van der Waals surface area (Å²) >= 11 is 0. The molecule has 0 heterocycles. The van der Waals surface area contributed by atoms with Crippen molar-refractivity contribution in [3.8, 4) is 5.75 Å². The number of Topliss-reactive ketones (excluding diaryl/α,β-unsaturated/α-hetero) is 1. The number of esters is 1. The number of carbonyl (C=O) groups is 2. The maximum atomic E-state index is 11.3. The lowest BCUT2D eigenvalue weighted by Crippen LogP contribution is -2.11. The Kier molecular flexibility index (Phi) is 3.23. The molecule has 0 unspecified atom stereocenters. The monoisotopic (exact) mass is 193 g/mol. The Morgan fingerprint density at radius 2 is 1.86 bits per heavy atom. The van der Waals surface area contributed by atoms with Gasteiger partial charge in [-0.25, -0.2) is 0 Å². The number of hydrogen-bond acceptors (Lipinski definition) is 4. The largest absolute Gasteiger partial charge is 0.872 e. The van der Waals surface area contributed by atoms with E-state index in [9.17, 15) is 14.7 Å². The van der Waals surface area contributed by atoms with Crippen LogP contribution in [-0.2, 0) is 9.53 Å². The molecule has 0 atom stereocenters. The second kappa shape index (κ2) is 4.41. The molecule has 0 spiro atoms. The predicted molar refractivity (Wildman–Crippen MR) is 46.9 cm³/mol. The Bertz CT molecular complexity index is 340. The first kappa shape index (κ1) is 10.2. The highest BCUT2D eigenvalue weighted by Gasteiger charge is 2.06. The van der Waals surface area contributed by atoms with Crippen LogP contribution >= 0.6 is 0 Å². The van der Waals surface area contributed by atoms with Gasteiger partial charge in [0.2, 0.25) is 0 Å². The van der Waals surface area contributed by atoms with Gasteiger partial charge in [0.15, 0.2) is 12.4 Å². The molecule has 1 rings (SSSR count). The summed E-state index contributed by atoms with van der Waals surface area (Å²) in [6.07, 6.45) is 0. The Labute approximate surface area is 81.1 Å². The van der Waals surface area contributed by atoms with Crippen molar-refractivity contribution in [1.29, 1.82) is 0 Å². The van der Waals surface area contributed by atoms with Crippen LogP contribution in [-0.4, -0.2) is 18.4 Å². The molecule has 4 heteroatoms. The maximum absolute atomic E-state index is 11.3. The van der Waals surface area contributed by atoms with Crippen LogP contribution in [0.15, 0.2) is 24.3 Å². The van der Waals surface area contributed by atoms with E-state index in [1.165, 1.54) is 31.2 Å². The van der Waals surface area contributed by atoms with E-state index in [0.29, 0.717) is 5.56 Å². The van der Waals surface area contributed by atoms with E-state index in [2.05, 4.69) is 4.74 Å². The van der Waals surface area contributed by atoms with Crippen LogP contribution in [0.1, 0.15) is 17.3 Å². The molecule has 0 saturated carbocycles. The van der Waals surface area contributed by atoms with Crippen molar-refractivity contribution in [3.05, 3.63) is 29.8 Å². The fourth-order valence-electron chi connectivity index (χ4n) is 0.891. The van der Waals surface area contributed by atoms with E-state index in [-0.39, 0.29) is 18.1 Å². The third kappa shape index (κ3) is 2.90. The number of ketones is 1. The van der Waals surface area contributed by atoms with E-state index in [1.807, 2.05) is 0 Å². The van der Waals surface area contributed by atoms with E-state index in [4.69, 9.17) is 0 Å². The zero-order valence-corrected chi connectivity index (χ0v) is 7.65. The number of rotatable bonds is 3. The summed E-state index contributed by atoms with van der Waals surface area (Å²) < 4.78 is 4.52. The van der Waals surface area contributed by atoms with Gasteiger partial charge in [-0.1, -0.05) is 24.3 Å². The first-order chi connectivity index (χ1) is 6.59. The highest BCUT2D eigenvalue weighted by atomic mass is 16.5. The molecular formula is C10H9O4-. The Morgan fingerprint density at radius 3 is 2.36 bits per heavy atom. The predicted octanol–water partition coefficient (Wildman–Crippen LogP) is 0.506. The van der Waals surface area contributed by atoms with Gasteiger partial charge in [0.1, 0.15) is 0 Å². The second-order valence-electron chi connectivity index (χ2n) is 2.73. The molecule has 0 aliphatic rings. The minimum Gasteiger partial charge on any atom is -0.872 e. The molecule has 1 aromatic carbocycles. The summed E-state index contributed by atoms with van der Waals surface area (Å²) in [4.78, 5) is 21.7. The molecule has 0 fully saturated rings. The van der Waals surface area contributed by atoms with Gasteiger partial charge in [-0.15, -0.1) is 5.75 Å². The van der Waals surface area contributed by atoms with Gasteiger partial charge >= 0.3 is 5.97 Å². The quantitative estimate of drug-likeness (QED) is 0.518. The summed E-state index contributed by atoms with van der Waals surface area (Å²) in [6, 6.07) is 5.41. The smallest absolute Gasteiger partial charge is 0.303 e. The van der Waals surface area contributed by atoms with Crippen molar-refractivity contribution in [1.82, 2.24) is 0 Å². The van der Waals surface area contributed by atoms with Gasteiger partial charge in [-0.05, 0) is 0 Å². The van der Waals surface area contributed by atoms with Crippen LogP contribution in [0.4, 0.5) is 0 Å². The zero-order valence-electron chi connectivity index (χ0n) is 7.65. The van der Waals surface area contributed by atoms with Crippen molar-refractivity contribution < 1.29 is 19.4 Å². The molecule has 0 N–H and O–H groups in total. The van der Waals surface area contributed by atoms with Gasteiger partial charge in [0.05, 0.1) is 0 Å². The molecule has 0 saturated heterocycles. The van der Waals surface area contributed by atoms with Crippen LogP contribution < -0.4 is 5.11 Å². The Balaban J connectivity index is 2.61. The fourth-order valence-corrected chi connectivity index (χ4v) is 0.891. The minimum atomic E-state index is -0.501. The van der Waals surface area contributed by atoms with Crippen LogP contribution in [0.2, 0.25) is 0 Å². The average molecular weight is 193 g/mol. The maximum Gasteiger partial charge on any atom is 0.303 e. The number of benzene rings is 1. The topological polar surface area (TPSA) is 66.4 Å². The molecule has 14 heavy (non-hydrogen) atoms. The molecule has 1 aromatic rings. The van der Waals surface area contributed by atoms with Gasteiger partial charge in [-0.2, -0.15) is 0 Å². The van der Waals surface area contributed by atoms with Gasteiger partial charge < -0.3 is 9.84 Å². The summed E-state index contributed by atoms with van der Waals surface area (Å²) in [5.74, 6) is -0.979. The molecule has 0 aliphatic heterocycles. The molecule has 0 amide bonds. The van der Waals surface area contributed by atoms with E-state index < -0.39 is 5.97 Å². The van der Waals surface area contributed by atoms with Crippen LogP contribution in [0.25, 0.3) is 0 Å². The highest BCUT2D eigenvalue weighted by molar-refractivity contribution is 5.97. The summed E-state index contributed by atoms with van der Waals surface area (Å²) in [5.41, 5.74) is 0.367. The number of hydrogen-bond donors (Lipinski definition) is 0. The molecule has 0 bridgehead atoms. The first-order valence-corrected chi connectivity index (χ1v) is 4.03. The second-order valence-corrected chi connectivity index (χ2v) is 2.73. The van der Waals surface area contributed by atoms with Crippen molar-refractivity contribution in [2.24, 2.45) is 0 Å². The SMILES string of the molecule is CC(=O)OCC(=O)c1ccc([O-])cc1. The van der Waals surface area contributed by atoms with Gasteiger partial charge in [-0.3, -0.25) is 9.59 Å². The Morgan fingerprint density at radius 1 is 1.29 bits per heavy atom. The molecule has 0 aliphatic carbocycles. The summed E-state index contributed by atoms with van der Waals surface area (Å²) in [6.45, 7) is 0.946. The normalized spacial score (nSPS) is 9.50. The van der Waals surface area contributed by atoms with Crippen molar-refractivity contribution in [2.75, 3.05) is 6.61 Å². The summed E-state index contributed by atoms with van der Waals surface area (Å²) in [7, 11) is 0. The molecule has 4 nitrogen and oxygen atoms in total. The third-order valence-corrected chi connectivity index (χ3v) is 1.58. The van der Waals surface area contributed by atoms with E-state index >= 15 is 0 Å². The molecule has 74 valence electrons. The van der Waals surface area contributed by atoms with Crippen LogP contribution in [0, 0.1) is 0 Å². The standard InChI is InChI=1S/C10H10O4/c1-7(11)14-6-10(13)8-2-4-9(12)5-3-8/h2-5,12H,6H2,1H3/p-1.